The van der Waals surface area contributed by atoms with Crippen molar-refractivity contribution in [3.05, 3.63) is 0 Å². The molecule has 0 atom stereocenters. The van der Waals surface area contributed by atoms with Crippen LogP contribution in [0.2, 0.25) is 0 Å². The van der Waals surface area contributed by atoms with E-state index in [1.54, 1.807) is 0 Å². The first kappa shape index (κ1) is 6.47. The van der Waals surface area contributed by atoms with E-state index < -0.39 is 0 Å². The van der Waals surface area contributed by atoms with Gasteiger partial charge in [-0.3, -0.25) is 0 Å². The van der Waals surface area contributed by atoms with Crippen LogP contribution in [0.5, 0.6) is 0 Å². The molecule has 0 heterocycles. The Morgan fingerprint density at radius 2 is 1.18 bits per heavy atom. The number of hydrogen-bond donors (Lipinski definition) is 1. The largest absolute Gasteiger partial charge is 0.325 e. The average Bonchev–Trinajstić information content (AvgIpc) is 1.79. The second-order valence-corrected chi connectivity index (χ2v) is 5.28. The molecule has 0 aromatic carbocycles. The Bertz CT molecular complexity index is 150. The highest BCUT2D eigenvalue weighted by Crippen LogP contribution is 2.54. The zero-order chi connectivity index (χ0) is 7.47. The molecule has 1 nitrogen and oxygen atoms in total. The van der Waals surface area contributed by atoms with Gasteiger partial charge in [-0.1, -0.05) is 0 Å². The van der Waals surface area contributed by atoms with Gasteiger partial charge < -0.3 is 5.73 Å². The second-order valence-electron chi connectivity index (χ2n) is 5.28. The number of rotatable bonds is 0. The number of hydrogen-bond acceptors (Lipinski definition) is 1. The van der Waals surface area contributed by atoms with E-state index in [9.17, 15) is 0 Å². The van der Waals surface area contributed by atoms with Gasteiger partial charge in [0.1, 0.15) is 0 Å². The highest BCUT2D eigenvalue weighted by molar-refractivity contribution is 5.04. The highest BCUT2D eigenvalue weighted by atomic mass is 14.8. The van der Waals surface area contributed by atoms with Gasteiger partial charge in [0.2, 0.25) is 0 Å². The molecule has 4 aliphatic rings. The minimum Gasteiger partial charge on any atom is -0.325 e. The van der Waals surface area contributed by atoms with Gasteiger partial charge in [-0.05, 0) is 56.3 Å². The molecule has 4 bridgehead atoms. The first-order chi connectivity index (χ1) is 5.23. The number of nitrogens with two attached hydrogens (primary N) is 1. The standard InChI is InChI=1S/C10H17N/c11-10-4-7-1-8(5-10)3-9(2-7)6-10/h7-9H,1-6,11H2/t7-,8-,9-,10-. The Balaban J connectivity index is 1.94. The molecule has 4 saturated carbocycles. The van der Waals surface area contributed by atoms with Crippen molar-refractivity contribution in [2.75, 3.05) is 0 Å². The molecule has 11 heavy (non-hydrogen) atoms. The molecular weight excluding hydrogens is 134 g/mol. The zero-order valence-electron chi connectivity index (χ0n) is 7.05. The minimum atomic E-state index is 0.300. The van der Waals surface area contributed by atoms with Crippen LogP contribution in [-0.2, 0) is 0 Å². The van der Waals surface area contributed by atoms with Crippen LogP contribution < -0.4 is 5.73 Å². The summed E-state index contributed by atoms with van der Waals surface area (Å²) in [5, 5.41) is 0. The van der Waals surface area contributed by atoms with Gasteiger partial charge in [-0.15, -0.1) is 0 Å². The summed E-state index contributed by atoms with van der Waals surface area (Å²) in [4.78, 5) is 0. The second kappa shape index (κ2) is 1.82. The van der Waals surface area contributed by atoms with Gasteiger partial charge in [-0.2, -0.15) is 0 Å². The Morgan fingerprint density at radius 1 is 0.818 bits per heavy atom. The maximum absolute atomic E-state index is 6.32. The summed E-state index contributed by atoms with van der Waals surface area (Å²) in [6.07, 6.45) is 8.57. The van der Waals surface area contributed by atoms with Crippen molar-refractivity contribution in [3.8, 4) is 0 Å². The third-order valence-corrected chi connectivity index (χ3v) is 4.09. The van der Waals surface area contributed by atoms with Crippen molar-refractivity contribution in [2.45, 2.75) is 44.1 Å². The van der Waals surface area contributed by atoms with Crippen LogP contribution in [-0.4, -0.2) is 5.54 Å². The quantitative estimate of drug-likeness (QED) is 0.562. The summed E-state index contributed by atoms with van der Waals surface area (Å²) in [6.45, 7) is 0. The fraction of sp³-hybridized carbons (Fsp3) is 1.00. The zero-order valence-corrected chi connectivity index (χ0v) is 7.05. The average molecular weight is 151 g/mol. The van der Waals surface area contributed by atoms with Crippen LogP contribution in [0.1, 0.15) is 38.5 Å². The Labute approximate surface area is 68.3 Å². The molecular formula is C10H17N. The van der Waals surface area contributed by atoms with Crippen molar-refractivity contribution < 1.29 is 0 Å². The van der Waals surface area contributed by atoms with E-state index >= 15 is 0 Å². The lowest BCUT2D eigenvalue weighted by atomic mass is 9.53. The van der Waals surface area contributed by atoms with E-state index in [4.69, 9.17) is 5.73 Å². The van der Waals surface area contributed by atoms with E-state index in [1.165, 1.54) is 38.5 Å². The van der Waals surface area contributed by atoms with Crippen molar-refractivity contribution in [3.63, 3.8) is 0 Å². The van der Waals surface area contributed by atoms with Crippen LogP contribution in [0, 0.1) is 17.8 Å². The van der Waals surface area contributed by atoms with Gasteiger partial charge in [0.15, 0.2) is 0 Å². The van der Waals surface area contributed by atoms with Gasteiger partial charge in [0.05, 0.1) is 0 Å². The predicted octanol–water partition coefficient (Wildman–Crippen LogP) is 1.91. The van der Waals surface area contributed by atoms with Gasteiger partial charge in [0, 0.05) is 5.54 Å². The first-order valence-corrected chi connectivity index (χ1v) is 5.02. The molecule has 0 unspecified atom stereocenters. The molecule has 0 aromatic rings. The van der Waals surface area contributed by atoms with E-state index in [1.807, 2.05) is 0 Å². The van der Waals surface area contributed by atoms with E-state index in [0.29, 0.717) is 5.54 Å². The molecule has 2 N–H and O–H groups in total. The summed E-state index contributed by atoms with van der Waals surface area (Å²) in [6, 6.07) is 0. The molecule has 62 valence electrons. The van der Waals surface area contributed by atoms with E-state index in [-0.39, 0.29) is 0 Å². The molecule has 0 spiro atoms. The van der Waals surface area contributed by atoms with Crippen molar-refractivity contribution in [2.24, 2.45) is 23.5 Å². The van der Waals surface area contributed by atoms with Gasteiger partial charge in [-0.25, -0.2) is 0 Å². The SMILES string of the molecule is N[C@]12C[C@H]3C[C@@H](C[C@H](C3)C1)C2. The molecule has 0 aromatic heterocycles. The highest BCUT2D eigenvalue weighted by Gasteiger charge is 2.48. The third-order valence-electron chi connectivity index (χ3n) is 4.09. The van der Waals surface area contributed by atoms with Crippen LogP contribution in [0.4, 0.5) is 0 Å². The normalized spacial score (nSPS) is 60.3. The monoisotopic (exact) mass is 151 g/mol. The van der Waals surface area contributed by atoms with Crippen molar-refractivity contribution >= 4 is 0 Å². The van der Waals surface area contributed by atoms with Crippen molar-refractivity contribution in [1.82, 2.24) is 0 Å². The smallest absolute Gasteiger partial charge is 0.0162 e. The van der Waals surface area contributed by atoms with Gasteiger partial charge in [0.25, 0.3) is 0 Å². The Kier molecular flexibility index (Phi) is 1.07. The maximum Gasteiger partial charge on any atom is 0.0162 e. The molecule has 1 heteroatoms. The van der Waals surface area contributed by atoms with Crippen LogP contribution in [0.15, 0.2) is 0 Å². The lowest BCUT2D eigenvalue weighted by Gasteiger charge is -2.55. The van der Waals surface area contributed by atoms with E-state index in [0.717, 1.165) is 17.8 Å². The minimum absolute atomic E-state index is 0.300. The first-order valence-electron chi connectivity index (χ1n) is 5.02. The summed E-state index contributed by atoms with van der Waals surface area (Å²) in [5.41, 5.74) is 6.62. The van der Waals surface area contributed by atoms with Gasteiger partial charge >= 0.3 is 0 Å². The predicted molar refractivity (Wildman–Crippen MR) is 45.1 cm³/mol. The molecule has 4 aliphatic carbocycles. The molecule has 0 saturated heterocycles. The topological polar surface area (TPSA) is 26.0 Å². The van der Waals surface area contributed by atoms with E-state index in [2.05, 4.69) is 0 Å². The molecule has 0 radical (unpaired) electrons. The Morgan fingerprint density at radius 3 is 1.45 bits per heavy atom. The molecule has 4 rings (SSSR count). The molecule has 4 fully saturated rings. The molecule has 0 amide bonds. The fourth-order valence-corrected chi connectivity index (χ4v) is 4.18. The van der Waals surface area contributed by atoms with Crippen LogP contribution >= 0.6 is 0 Å². The maximum atomic E-state index is 6.32. The molecule has 0 aliphatic heterocycles. The Hall–Kier alpha value is -0.0400. The lowest BCUT2D eigenvalue weighted by Crippen LogP contribution is -2.55. The van der Waals surface area contributed by atoms with Crippen LogP contribution in [0.3, 0.4) is 0 Å². The summed E-state index contributed by atoms with van der Waals surface area (Å²) in [7, 11) is 0. The summed E-state index contributed by atoms with van der Waals surface area (Å²) in [5.74, 6) is 3.06. The third kappa shape index (κ3) is 0.868. The summed E-state index contributed by atoms with van der Waals surface area (Å²) >= 11 is 0. The lowest BCUT2D eigenvalue weighted by molar-refractivity contribution is 0.000365. The van der Waals surface area contributed by atoms with Crippen molar-refractivity contribution in [1.29, 1.82) is 0 Å². The fourth-order valence-electron chi connectivity index (χ4n) is 4.18. The summed E-state index contributed by atoms with van der Waals surface area (Å²) < 4.78 is 0. The van der Waals surface area contributed by atoms with Crippen LogP contribution in [0.25, 0.3) is 0 Å².